The Bertz CT molecular complexity index is 616. The lowest BCUT2D eigenvalue weighted by molar-refractivity contribution is -0.0981. The van der Waals surface area contributed by atoms with Crippen LogP contribution in [0.3, 0.4) is 0 Å². The second-order valence-corrected chi connectivity index (χ2v) is 7.23. The summed E-state index contributed by atoms with van der Waals surface area (Å²) < 4.78 is 8.22. The number of aryl methyl sites for hydroxylation is 1. The van der Waals surface area contributed by atoms with Crippen molar-refractivity contribution < 1.29 is 14.8 Å². The standard InChI is InChI=1S/C14H21BN2O3S/c1-10-8-17(9-16-10)12-7-6-11(21-12)15(19)20-14(4,5)13(2,3)18/h6-9,18-19H,1-5H3. The van der Waals surface area contributed by atoms with Gasteiger partial charge < -0.3 is 14.8 Å². The Kier molecular flexibility index (Phi) is 4.30. The van der Waals surface area contributed by atoms with E-state index in [9.17, 15) is 10.1 Å². The first kappa shape index (κ1) is 16.2. The molecule has 0 atom stereocenters. The molecule has 114 valence electrons. The van der Waals surface area contributed by atoms with Gasteiger partial charge in [-0.25, -0.2) is 4.98 Å². The van der Waals surface area contributed by atoms with Gasteiger partial charge in [-0.15, -0.1) is 11.3 Å². The van der Waals surface area contributed by atoms with Crippen LogP contribution in [-0.2, 0) is 4.65 Å². The molecule has 2 aromatic rings. The van der Waals surface area contributed by atoms with Gasteiger partial charge in [0.15, 0.2) is 0 Å². The molecule has 0 saturated carbocycles. The maximum absolute atomic E-state index is 10.2. The molecule has 0 spiro atoms. The van der Waals surface area contributed by atoms with Crippen molar-refractivity contribution in [3.05, 3.63) is 30.4 Å². The summed E-state index contributed by atoms with van der Waals surface area (Å²) in [5.41, 5.74) is -0.998. The summed E-state index contributed by atoms with van der Waals surface area (Å²) in [6.07, 6.45) is 3.66. The van der Waals surface area contributed by atoms with E-state index in [1.807, 2.05) is 29.8 Å². The van der Waals surface area contributed by atoms with Gasteiger partial charge in [0, 0.05) is 11.0 Å². The van der Waals surface area contributed by atoms with Gasteiger partial charge >= 0.3 is 7.12 Å². The van der Waals surface area contributed by atoms with Crippen LogP contribution in [0, 0.1) is 6.92 Å². The van der Waals surface area contributed by atoms with Crippen molar-refractivity contribution in [3.8, 4) is 5.00 Å². The van der Waals surface area contributed by atoms with Crippen molar-refractivity contribution in [1.29, 1.82) is 0 Å². The fourth-order valence-electron chi connectivity index (χ4n) is 1.64. The number of thiophene rings is 1. The van der Waals surface area contributed by atoms with Gasteiger partial charge in [0.2, 0.25) is 0 Å². The molecule has 0 aliphatic carbocycles. The highest BCUT2D eigenvalue weighted by Gasteiger charge is 2.39. The molecule has 7 heteroatoms. The molecule has 0 radical (unpaired) electrons. The molecule has 0 saturated heterocycles. The molecule has 0 amide bonds. The summed E-state index contributed by atoms with van der Waals surface area (Å²) in [6.45, 7) is 8.75. The van der Waals surface area contributed by atoms with Gasteiger partial charge in [-0.05, 0) is 46.8 Å². The van der Waals surface area contributed by atoms with Crippen molar-refractivity contribution >= 4 is 23.2 Å². The topological polar surface area (TPSA) is 67.5 Å². The summed E-state index contributed by atoms with van der Waals surface area (Å²) in [5, 5.41) is 21.3. The minimum atomic E-state index is -1.07. The molecular formula is C14H21BN2O3S. The lowest BCUT2D eigenvalue weighted by Crippen LogP contribution is -2.52. The predicted octanol–water partition coefficient (Wildman–Crippen LogP) is 1.50. The van der Waals surface area contributed by atoms with Crippen LogP contribution in [0.4, 0.5) is 0 Å². The summed E-state index contributed by atoms with van der Waals surface area (Å²) in [7, 11) is -1.07. The summed E-state index contributed by atoms with van der Waals surface area (Å²) in [6, 6.07) is 3.73. The van der Waals surface area contributed by atoms with Crippen molar-refractivity contribution in [2.24, 2.45) is 0 Å². The van der Waals surface area contributed by atoms with Gasteiger partial charge in [-0.2, -0.15) is 0 Å². The first-order valence-corrected chi connectivity index (χ1v) is 7.61. The Hall–Kier alpha value is -1.15. The van der Waals surface area contributed by atoms with Crippen LogP contribution in [0.15, 0.2) is 24.7 Å². The molecular weight excluding hydrogens is 287 g/mol. The normalized spacial score (nSPS) is 12.7. The van der Waals surface area contributed by atoms with Crippen molar-refractivity contribution in [1.82, 2.24) is 9.55 Å². The minimum absolute atomic E-state index is 0.689. The van der Waals surface area contributed by atoms with Gasteiger partial charge in [0.05, 0.1) is 21.9 Å². The molecule has 2 heterocycles. The quantitative estimate of drug-likeness (QED) is 0.821. The predicted molar refractivity (Wildman–Crippen MR) is 85.2 cm³/mol. The lowest BCUT2D eigenvalue weighted by Gasteiger charge is -2.38. The van der Waals surface area contributed by atoms with Gasteiger partial charge in [-0.1, -0.05) is 0 Å². The minimum Gasteiger partial charge on any atom is -0.423 e. The van der Waals surface area contributed by atoms with Crippen LogP contribution in [0.1, 0.15) is 33.4 Å². The monoisotopic (exact) mass is 308 g/mol. The van der Waals surface area contributed by atoms with Crippen molar-refractivity contribution in [3.63, 3.8) is 0 Å². The smallest absolute Gasteiger partial charge is 0.423 e. The largest absolute Gasteiger partial charge is 0.502 e. The third-order valence-electron chi connectivity index (χ3n) is 3.70. The maximum atomic E-state index is 10.2. The zero-order chi connectivity index (χ0) is 15.8. The second kappa shape index (κ2) is 5.57. The first-order chi connectivity index (χ1) is 9.60. The molecule has 2 rings (SSSR count). The van der Waals surface area contributed by atoms with Crippen LogP contribution in [-0.4, -0.2) is 38.0 Å². The van der Waals surface area contributed by atoms with E-state index in [2.05, 4.69) is 4.98 Å². The van der Waals surface area contributed by atoms with Crippen LogP contribution >= 0.6 is 11.3 Å². The van der Waals surface area contributed by atoms with E-state index < -0.39 is 18.3 Å². The van der Waals surface area contributed by atoms with Crippen LogP contribution in [0.2, 0.25) is 0 Å². The van der Waals surface area contributed by atoms with Crippen LogP contribution < -0.4 is 4.78 Å². The molecule has 21 heavy (non-hydrogen) atoms. The number of aliphatic hydroxyl groups is 1. The van der Waals surface area contributed by atoms with Gasteiger partial charge in [0.25, 0.3) is 0 Å². The number of rotatable bonds is 5. The lowest BCUT2D eigenvalue weighted by atomic mass is 9.82. The first-order valence-electron chi connectivity index (χ1n) is 6.79. The van der Waals surface area contributed by atoms with E-state index in [1.54, 1.807) is 34.0 Å². The van der Waals surface area contributed by atoms with E-state index in [0.29, 0.717) is 4.78 Å². The molecule has 0 aromatic carbocycles. The zero-order valence-electron chi connectivity index (χ0n) is 13.0. The highest BCUT2D eigenvalue weighted by Crippen LogP contribution is 2.26. The third-order valence-corrected chi connectivity index (χ3v) is 4.83. The Labute approximate surface area is 129 Å². The summed E-state index contributed by atoms with van der Waals surface area (Å²) in [5.74, 6) is 0. The fraction of sp³-hybridized carbons (Fsp3) is 0.500. The van der Waals surface area contributed by atoms with E-state index >= 15 is 0 Å². The third kappa shape index (κ3) is 3.55. The molecule has 5 nitrogen and oxygen atoms in total. The molecule has 0 unspecified atom stereocenters. The van der Waals surface area contributed by atoms with Crippen LogP contribution in [0.5, 0.6) is 0 Å². The van der Waals surface area contributed by atoms with E-state index in [-0.39, 0.29) is 0 Å². The SMILES string of the molecule is Cc1cn(-c2ccc(B(O)OC(C)(C)C(C)(C)O)s2)cn1. The molecule has 0 fully saturated rings. The molecule has 0 bridgehead atoms. The van der Waals surface area contributed by atoms with Crippen LogP contribution in [0.25, 0.3) is 5.00 Å². The summed E-state index contributed by atoms with van der Waals surface area (Å²) in [4.78, 5) is 4.18. The average Bonchev–Trinajstić information content (AvgIpc) is 2.94. The van der Waals surface area contributed by atoms with Gasteiger partial charge in [-0.3, -0.25) is 4.57 Å². The highest BCUT2D eigenvalue weighted by molar-refractivity contribution is 7.24. The fourth-order valence-corrected chi connectivity index (χ4v) is 2.50. The maximum Gasteiger partial charge on any atom is 0.502 e. The molecule has 2 aromatic heterocycles. The number of aromatic nitrogens is 2. The summed E-state index contributed by atoms with van der Waals surface area (Å²) >= 11 is 1.43. The van der Waals surface area contributed by atoms with Crippen molar-refractivity contribution in [2.45, 2.75) is 45.8 Å². The van der Waals surface area contributed by atoms with E-state index in [4.69, 9.17) is 4.65 Å². The van der Waals surface area contributed by atoms with Crippen molar-refractivity contribution in [2.75, 3.05) is 0 Å². The number of imidazole rings is 1. The van der Waals surface area contributed by atoms with E-state index in [0.717, 1.165) is 10.7 Å². The Balaban J connectivity index is 2.14. The molecule has 2 N–H and O–H groups in total. The Morgan fingerprint density at radius 3 is 2.48 bits per heavy atom. The molecule has 0 aliphatic heterocycles. The van der Waals surface area contributed by atoms with Gasteiger partial charge in [0.1, 0.15) is 6.33 Å². The highest BCUT2D eigenvalue weighted by atomic mass is 32.1. The average molecular weight is 308 g/mol. The Morgan fingerprint density at radius 2 is 1.95 bits per heavy atom. The number of hydrogen-bond donors (Lipinski definition) is 2. The zero-order valence-corrected chi connectivity index (χ0v) is 13.8. The second-order valence-electron chi connectivity index (χ2n) is 6.14. The Morgan fingerprint density at radius 1 is 1.29 bits per heavy atom. The number of hydrogen-bond acceptors (Lipinski definition) is 5. The molecule has 0 aliphatic rings. The van der Waals surface area contributed by atoms with E-state index in [1.165, 1.54) is 11.3 Å². The number of nitrogens with zero attached hydrogens (tertiary/aromatic N) is 2.